The summed E-state index contributed by atoms with van der Waals surface area (Å²) < 4.78 is 0. The average molecular weight is 464 g/mol. The van der Waals surface area contributed by atoms with E-state index in [9.17, 15) is 14.4 Å². The number of ketones is 1. The normalized spacial score (nSPS) is 11.6. The number of nitrogen functional groups attached to an aromatic ring is 2. The third-order valence-electron chi connectivity index (χ3n) is 4.09. The Morgan fingerprint density at radius 3 is 2.55 bits per heavy atom. The van der Waals surface area contributed by atoms with Crippen LogP contribution in [0.4, 0.5) is 11.8 Å². The number of aliphatic carboxylic acids is 1. The van der Waals surface area contributed by atoms with Crippen LogP contribution in [0.1, 0.15) is 32.4 Å². The van der Waals surface area contributed by atoms with Crippen molar-refractivity contribution in [1.29, 1.82) is 0 Å². The third kappa shape index (κ3) is 9.82. The maximum absolute atomic E-state index is 11.1. The van der Waals surface area contributed by atoms with Gasteiger partial charge in [0.25, 0.3) is 0 Å². The van der Waals surface area contributed by atoms with Crippen molar-refractivity contribution in [1.82, 2.24) is 30.2 Å². The van der Waals surface area contributed by atoms with Crippen molar-refractivity contribution in [3.63, 3.8) is 0 Å². The molecule has 0 saturated heterocycles. The van der Waals surface area contributed by atoms with Gasteiger partial charge in [-0.15, -0.1) is 6.58 Å². The van der Waals surface area contributed by atoms with E-state index < -0.39 is 17.9 Å². The molecule has 178 valence electrons. The molecule has 0 aliphatic carbocycles. The van der Waals surface area contributed by atoms with Gasteiger partial charge in [-0.3, -0.25) is 9.69 Å². The Kier molecular flexibility index (Phi) is 11.1. The largest absolute Gasteiger partial charge is 0.480 e. The summed E-state index contributed by atoms with van der Waals surface area (Å²) in [6, 6.07) is -1.00. The molecule has 0 aliphatic heterocycles. The van der Waals surface area contributed by atoms with Gasteiger partial charge in [-0.25, -0.2) is 14.8 Å². The number of fused-ring (bicyclic) bond motifs is 1. The van der Waals surface area contributed by atoms with Crippen molar-refractivity contribution in [3.05, 3.63) is 36.7 Å². The third-order valence-corrected chi connectivity index (χ3v) is 4.09. The van der Waals surface area contributed by atoms with Crippen LogP contribution >= 0.6 is 0 Å². The number of aromatic nitrogens is 4. The molecule has 0 bridgehead atoms. The molecule has 2 heterocycles. The zero-order valence-electron chi connectivity index (χ0n) is 19.0. The molecule has 12 heteroatoms. The molecule has 1 atom stereocenters. The molecule has 0 radical (unpaired) electrons. The summed E-state index contributed by atoms with van der Waals surface area (Å²) in [6.45, 7) is 8.15. The number of carboxylic acid groups (broad SMARTS) is 1. The number of carboxylic acids is 1. The predicted octanol–water partition coefficient (Wildman–Crippen LogP) is 0.703. The zero-order valence-corrected chi connectivity index (χ0v) is 19.0. The second-order valence-electron chi connectivity index (χ2n) is 7.13. The highest BCUT2D eigenvalue weighted by Crippen LogP contribution is 2.14. The maximum Gasteiger partial charge on any atom is 0.326 e. The lowest BCUT2D eigenvalue weighted by molar-refractivity contribution is -0.141. The van der Waals surface area contributed by atoms with Gasteiger partial charge in [-0.1, -0.05) is 12.2 Å². The van der Waals surface area contributed by atoms with E-state index in [-0.39, 0.29) is 30.4 Å². The van der Waals surface area contributed by atoms with E-state index in [1.165, 1.54) is 19.1 Å². The highest BCUT2D eigenvalue weighted by atomic mass is 16.4. The molecule has 0 saturated carbocycles. The molecule has 33 heavy (non-hydrogen) atoms. The SMILES string of the molecule is CC(=O)CC[C@H](NC(=O)/[13CH]=[13CH]/[13CH3])C(=O)O.CN(Cc1cnc2nc(N)nc(N)c2n1)[13CH2][13CH]=[13CH2]. The Labute approximate surface area is 191 Å². The van der Waals surface area contributed by atoms with Crippen LogP contribution in [0, 0.1) is 0 Å². The van der Waals surface area contributed by atoms with Crippen LogP contribution in [-0.4, -0.2) is 67.2 Å². The molecule has 12 nitrogen and oxygen atoms in total. The fourth-order valence-corrected chi connectivity index (χ4v) is 2.60. The van der Waals surface area contributed by atoms with E-state index in [0.717, 1.165) is 12.2 Å². The highest BCUT2D eigenvalue weighted by molar-refractivity contribution is 5.91. The molecule has 0 aromatic carbocycles. The Hall–Kier alpha value is -3.93. The van der Waals surface area contributed by atoms with Crippen molar-refractivity contribution < 1.29 is 19.5 Å². The Morgan fingerprint density at radius 2 is 1.97 bits per heavy atom. The number of rotatable bonds is 10. The molecule has 0 spiro atoms. The van der Waals surface area contributed by atoms with E-state index in [0.29, 0.717) is 17.7 Å². The Balaban J connectivity index is 0.000000337. The number of nitrogens with one attached hydrogen (secondary N) is 1. The lowest BCUT2D eigenvalue weighted by Gasteiger charge is -2.13. The van der Waals surface area contributed by atoms with Gasteiger partial charge in [0, 0.05) is 19.5 Å². The number of nitrogens with zero attached hydrogens (tertiary/aromatic N) is 5. The smallest absolute Gasteiger partial charge is 0.326 e. The fraction of sp³-hybridized carbons (Fsp3) is 0.381. The Bertz CT molecular complexity index is 1020. The molecule has 2 aromatic heterocycles. The first-order valence-corrected chi connectivity index (χ1v) is 10.1. The summed E-state index contributed by atoms with van der Waals surface area (Å²) in [6.07, 6.45) is 6.50. The second kappa shape index (κ2) is 13.5. The lowest BCUT2D eigenvalue weighted by Crippen LogP contribution is -2.40. The number of nitrogens with two attached hydrogens (primary N) is 2. The second-order valence-corrected chi connectivity index (χ2v) is 7.13. The van der Waals surface area contributed by atoms with Crippen LogP contribution in [0.25, 0.3) is 11.2 Å². The summed E-state index contributed by atoms with van der Waals surface area (Å²) in [7, 11) is 1.97. The van der Waals surface area contributed by atoms with Crippen LogP contribution in [0.15, 0.2) is 31.0 Å². The number of carbonyl (C=O) groups is 3. The minimum absolute atomic E-state index is 0.0958. The molecular formula is C21H30N8O4. The number of hydrogen-bond acceptors (Lipinski definition) is 10. The van der Waals surface area contributed by atoms with Crippen molar-refractivity contribution in [2.45, 2.75) is 39.3 Å². The van der Waals surface area contributed by atoms with Gasteiger partial charge in [0.2, 0.25) is 11.9 Å². The summed E-state index contributed by atoms with van der Waals surface area (Å²) in [5.74, 6) is -1.34. The molecule has 2 rings (SSSR count). The van der Waals surface area contributed by atoms with Crippen molar-refractivity contribution >= 4 is 40.6 Å². The number of likely N-dealkylation sites (N-methyl/N-ethyl adjacent to an activating group) is 1. The lowest BCUT2D eigenvalue weighted by atomic mass is 10.1. The van der Waals surface area contributed by atoms with Crippen molar-refractivity contribution in [3.8, 4) is 0 Å². The predicted molar refractivity (Wildman–Crippen MR) is 125 cm³/mol. The average Bonchev–Trinajstić information content (AvgIpc) is 2.72. The van der Waals surface area contributed by atoms with Gasteiger partial charge in [-0.2, -0.15) is 9.97 Å². The van der Waals surface area contributed by atoms with E-state index >= 15 is 0 Å². The first kappa shape index (κ1) is 27.1. The number of amides is 1. The first-order valence-electron chi connectivity index (χ1n) is 10.1. The fourth-order valence-electron chi connectivity index (χ4n) is 2.60. The van der Waals surface area contributed by atoms with E-state index in [1.807, 2.05) is 13.1 Å². The maximum atomic E-state index is 11.1. The molecule has 1 amide bonds. The van der Waals surface area contributed by atoms with Gasteiger partial charge in [0.05, 0.1) is 11.9 Å². The number of allylic oxidation sites excluding steroid dienone is 1. The summed E-state index contributed by atoms with van der Waals surface area (Å²) in [4.78, 5) is 50.9. The van der Waals surface area contributed by atoms with Gasteiger partial charge in [0.15, 0.2) is 17.0 Å². The van der Waals surface area contributed by atoms with Gasteiger partial charge in [-0.05, 0) is 33.4 Å². The molecule has 0 aliphatic rings. The van der Waals surface area contributed by atoms with Crippen LogP contribution in [0.3, 0.4) is 0 Å². The Morgan fingerprint density at radius 1 is 1.27 bits per heavy atom. The highest BCUT2D eigenvalue weighted by Gasteiger charge is 2.18. The zero-order chi connectivity index (χ0) is 25.0. The molecular weight excluding hydrogens is 434 g/mol. The minimum Gasteiger partial charge on any atom is -0.480 e. The number of anilines is 2. The molecule has 6 N–H and O–H groups in total. The van der Waals surface area contributed by atoms with Gasteiger partial charge < -0.3 is 26.7 Å². The summed E-state index contributed by atoms with van der Waals surface area (Å²) in [5.41, 5.74) is 12.9. The van der Waals surface area contributed by atoms with E-state index in [2.05, 4.69) is 36.7 Å². The standard InChI is InChI=1S/C11H15N7.C10H15NO4/c1-3-4-18(2)6-7-5-14-10-8(15-7)9(12)16-11(13)17-10;1-3-4-9(13)11-8(10(14)15)6-5-7(2)12/h3,5H,1,4,6H2,2H3,(H4,12,13,14,16,17);3-4,8H,5-6H2,1-2H3,(H,11,13)(H,14,15)/b;4-3+/t;8-/m.0/s1/i2*1+1,3+1,4+1. The molecule has 0 unspecified atom stereocenters. The van der Waals surface area contributed by atoms with Crippen LogP contribution in [0.2, 0.25) is 0 Å². The number of Topliss-reactive ketones (excluding diaryl/α,β-unsaturated/α-hetero) is 1. The summed E-state index contributed by atoms with van der Waals surface area (Å²) >= 11 is 0. The molecule has 2 aromatic rings. The van der Waals surface area contributed by atoms with E-state index in [1.54, 1.807) is 13.1 Å². The summed E-state index contributed by atoms with van der Waals surface area (Å²) in [5, 5.41) is 11.0. The van der Waals surface area contributed by atoms with Crippen LogP contribution in [-0.2, 0) is 20.9 Å². The van der Waals surface area contributed by atoms with Crippen LogP contribution in [0.5, 0.6) is 0 Å². The number of carbonyl (C=O) groups excluding carboxylic acids is 2. The number of hydrogen-bond donors (Lipinski definition) is 4. The molecule has 0 fully saturated rings. The van der Waals surface area contributed by atoms with Gasteiger partial charge >= 0.3 is 5.97 Å². The first-order chi connectivity index (χ1) is 15.6. The van der Waals surface area contributed by atoms with Crippen molar-refractivity contribution in [2.24, 2.45) is 0 Å². The van der Waals surface area contributed by atoms with E-state index in [4.69, 9.17) is 16.6 Å². The van der Waals surface area contributed by atoms with Crippen molar-refractivity contribution in [2.75, 3.05) is 25.1 Å². The van der Waals surface area contributed by atoms with Gasteiger partial charge in [0.1, 0.15) is 11.8 Å². The van der Waals surface area contributed by atoms with Crippen LogP contribution < -0.4 is 16.8 Å². The minimum atomic E-state index is -1.13. The topological polar surface area (TPSA) is 190 Å². The quantitative estimate of drug-likeness (QED) is 0.220. The monoisotopic (exact) mass is 464 g/mol.